The molecule has 1 aromatic heterocycles. The first kappa shape index (κ1) is 19.1. The van der Waals surface area contributed by atoms with Gasteiger partial charge in [-0.25, -0.2) is 5.48 Å². The van der Waals surface area contributed by atoms with Crippen molar-refractivity contribution in [2.75, 3.05) is 11.9 Å². The van der Waals surface area contributed by atoms with Gasteiger partial charge in [-0.05, 0) is 53.9 Å². The quantitative estimate of drug-likeness (QED) is 0.467. The zero-order chi connectivity index (χ0) is 19.6. The summed E-state index contributed by atoms with van der Waals surface area (Å²) in [6.07, 6.45) is 4.10. The highest BCUT2D eigenvalue weighted by molar-refractivity contribution is 5.98. The standard InChI is InChI=1S/C22H20N4O2/c23-15-18-7-5-17(6-8-18)11-14-28-26-22(27)20-3-1-2-4-21(20)25-16-19-9-12-24-13-10-19/h1-10,12-13,25H,11,14,16H2,(H,26,27). The van der Waals surface area contributed by atoms with Crippen LogP contribution in [0, 0.1) is 11.3 Å². The smallest absolute Gasteiger partial charge is 0.276 e. The van der Waals surface area contributed by atoms with Crippen LogP contribution in [0.4, 0.5) is 5.69 Å². The zero-order valence-electron chi connectivity index (χ0n) is 15.3. The number of anilines is 1. The molecule has 0 aliphatic carbocycles. The summed E-state index contributed by atoms with van der Waals surface area (Å²) in [5, 5.41) is 12.1. The minimum absolute atomic E-state index is 0.308. The summed E-state index contributed by atoms with van der Waals surface area (Å²) in [6.45, 7) is 0.927. The fourth-order valence-corrected chi connectivity index (χ4v) is 2.62. The van der Waals surface area contributed by atoms with Crippen molar-refractivity contribution in [2.45, 2.75) is 13.0 Å². The highest BCUT2D eigenvalue weighted by Gasteiger charge is 2.10. The molecule has 28 heavy (non-hydrogen) atoms. The van der Waals surface area contributed by atoms with Crippen LogP contribution in [-0.4, -0.2) is 17.5 Å². The van der Waals surface area contributed by atoms with Crippen LogP contribution in [0.2, 0.25) is 0 Å². The molecule has 3 rings (SSSR count). The molecule has 1 amide bonds. The first-order valence-electron chi connectivity index (χ1n) is 8.89. The van der Waals surface area contributed by atoms with E-state index in [-0.39, 0.29) is 5.91 Å². The molecule has 0 radical (unpaired) electrons. The fraction of sp³-hybridized carbons (Fsp3) is 0.136. The fourth-order valence-electron chi connectivity index (χ4n) is 2.62. The number of aromatic nitrogens is 1. The van der Waals surface area contributed by atoms with E-state index in [2.05, 4.69) is 21.9 Å². The van der Waals surface area contributed by atoms with E-state index in [1.165, 1.54) is 0 Å². The number of hydroxylamine groups is 1. The summed E-state index contributed by atoms with van der Waals surface area (Å²) in [4.78, 5) is 21.8. The SMILES string of the molecule is N#Cc1ccc(CCONC(=O)c2ccccc2NCc2ccncc2)cc1. The summed E-state index contributed by atoms with van der Waals surface area (Å²) in [6, 6.07) is 20.5. The second-order valence-corrected chi connectivity index (χ2v) is 6.09. The molecule has 0 saturated carbocycles. The van der Waals surface area contributed by atoms with Gasteiger partial charge in [0.1, 0.15) is 0 Å². The predicted octanol–water partition coefficient (Wildman–Crippen LogP) is 3.47. The van der Waals surface area contributed by atoms with Crippen molar-refractivity contribution in [2.24, 2.45) is 0 Å². The lowest BCUT2D eigenvalue weighted by Crippen LogP contribution is -2.25. The Bertz CT molecular complexity index is 950. The van der Waals surface area contributed by atoms with Crippen LogP contribution in [0.25, 0.3) is 0 Å². The molecule has 0 fully saturated rings. The molecular formula is C22H20N4O2. The van der Waals surface area contributed by atoms with Gasteiger partial charge in [-0.1, -0.05) is 24.3 Å². The number of carbonyl (C=O) groups is 1. The number of nitrogens with zero attached hydrogens (tertiary/aromatic N) is 2. The van der Waals surface area contributed by atoms with Gasteiger partial charge < -0.3 is 5.32 Å². The maximum Gasteiger partial charge on any atom is 0.276 e. The monoisotopic (exact) mass is 372 g/mol. The third-order valence-corrected chi connectivity index (χ3v) is 4.14. The Kier molecular flexibility index (Phi) is 6.72. The van der Waals surface area contributed by atoms with Gasteiger partial charge in [0.2, 0.25) is 0 Å². The third-order valence-electron chi connectivity index (χ3n) is 4.14. The largest absolute Gasteiger partial charge is 0.380 e. The molecule has 0 atom stereocenters. The van der Waals surface area contributed by atoms with Crippen molar-refractivity contribution >= 4 is 11.6 Å². The third kappa shape index (κ3) is 5.40. The molecule has 2 aromatic carbocycles. The summed E-state index contributed by atoms with van der Waals surface area (Å²) in [5.74, 6) is -0.308. The normalized spacial score (nSPS) is 10.1. The van der Waals surface area contributed by atoms with E-state index in [0.717, 1.165) is 16.8 Å². The van der Waals surface area contributed by atoms with E-state index in [0.29, 0.717) is 30.7 Å². The minimum Gasteiger partial charge on any atom is -0.380 e. The van der Waals surface area contributed by atoms with Crippen LogP contribution in [0.1, 0.15) is 27.0 Å². The van der Waals surface area contributed by atoms with E-state index in [1.54, 1.807) is 30.6 Å². The van der Waals surface area contributed by atoms with Gasteiger partial charge >= 0.3 is 0 Å². The van der Waals surface area contributed by atoms with E-state index in [1.807, 2.05) is 42.5 Å². The zero-order valence-corrected chi connectivity index (χ0v) is 15.3. The van der Waals surface area contributed by atoms with Crippen LogP contribution < -0.4 is 10.8 Å². The van der Waals surface area contributed by atoms with Crippen molar-refractivity contribution in [3.63, 3.8) is 0 Å². The Labute approximate surface area is 163 Å². The molecule has 3 aromatic rings. The molecule has 0 aliphatic heterocycles. The number of nitrogens with one attached hydrogen (secondary N) is 2. The second-order valence-electron chi connectivity index (χ2n) is 6.09. The molecule has 140 valence electrons. The number of rotatable bonds is 8. The van der Waals surface area contributed by atoms with Crippen molar-refractivity contribution < 1.29 is 9.63 Å². The molecule has 0 bridgehead atoms. The van der Waals surface area contributed by atoms with Crippen molar-refractivity contribution in [3.8, 4) is 6.07 Å². The Hall–Kier alpha value is -3.69. The lowest BCUT2D eigenvalue weighted by atomic mass is 10.1. The summed E-state index contributed by atoms with van der Waals surface area (Å²) in [7, 11) is 0. The number of para-hydroxylation sites is 1. The van der Waals surface area contributed by atoms with Gasteiger partial charge in [-0.2, -0.15) is 5.26 Å². The first-order chi connectivity index (χ1) is 13.8. The number of nitriles is 1. The lowest BCUT2D eigenvalue weighted by Gasteiger charge is -2.12. The molecule has 6 heteroatoms. The highest BCUT2D eigenvalue weighted by Crippen LogP contribution is 2.16. The molecule has 0 saturated heterocycles. The Morgan fingerprint density at radius 2 is 1.75 bits per heavy atom. The number of hydrogen-bond acceptors (Lipinski definition) is 5. The molecular weight excluding hydrogens is 352 g/mol. The maximum absolute atomic E-state index is 12.4. The van der Waals surface area contributed by atoms with Gasteiger partial charge in [0.25, 0.3) is 5.91 Å². The Morgan fingerprint density at radius 3 is 2.50 bits per heavy atom. The highest BCUT2D eigenvalue weighted by atomic mass is 16.6. The summed E-state index contributed by atoms with van der Waals surface area (Å²) < 4.78 is 0. The topological polar surface area (TPSA) is 87.0 Å². The number of pyridine rings is 1. The van der Waals surface area contributed by atoms with Gasteiger partial charge in [0.05, 0.1) is 23.8 Å². The summed E-state index contributed by atoms with van der Waals surface area (Å²) >= 11 is 0. The lowest BCUT2D eigenvalue weighted by molar-refractivity contribution is 0.0325. The van der Waals surface area contributed by atoms with Gasteiger partial charge in [0.15, 0.2) is 0 Å². The Balaban J connectivity index is 1.50. The van der Waals surface area contributed by atoms with Gasteiger partial charge in [0, 0.05) is 24.6 Å². The number of benzene rings is 2. The van der Waals surface area contributed by atoms with Crippen LogP contribution in [0.15, 0.2) is 73.1 Å². The molecule has 0 aliphatic rings. The van der Waals surface area contributed by atoms with Crippen molar-refractivity contribution in [3.05, 3.63) is 95.3 Å². The second kappa shape index (κ2) is 9.86. The van der Waals surface area contributed by atoms with Crippen LogP contribution in [0.5, 0.6) is 0 Å². The van der Waals surface area contributed by atoms with Crippen molar-refractivity contribution in [1.82, 2.24) is 10.5 Å². The van der Waals surface area contributed by atoms with E-state index < -0.39 is 0 Å². The number of hydrogen-bond donors (Lipinski definition) is 2. The average Bonchev–Trinajstić information content (AvgIpc) is 2.76. The molecule has 1 heterocycles. The average molecular weight is 372 g/mol. The summed E-state index contributed by atoms with van der Waals surface area (Å²) in [5.41, 5.74) is 6.45. The molecule has 6 nitrogen and oxygen atoms in total. The van der Waals surface area contributed by atoms with Crippen LogP contribution in [0.3, 0.4) is 0 Å². The van der Waals surface area contributed by atoms with Gasteiger partial charge in [-0.15, -0.1) is 0 Å². The Morgan fingerprint density at radius 1 is 1.00 bits per heavy atom. The van der Waals surface area contributed by atoms with Crippen molar-refractivity contribution in [1.29, 1.82) is 5.26 Å². The number of amides is 1. The molecule has 0 spiro atoms. The predicted molar refractivity (Wildman–Crippen MR) is 106 cm³/mol. The number of carbonyl (C=O) groups excluding carboxylic acids is 1. The first-order valence-corrected chi connectivity index (χ1v) is 8.89. The maximum atomic E-state index is 12.4. The van der Waals surface area contributed by atoms with E-state index in [4.69, 9.17) is 10.1 Å². The minimum atomic E-state index is -0.308. The molecule has 0 unspecified atom stereocenters. The van der Waals surface area contributed by atoms with Gasteiger partial charge in [-0.3, -0.25) is 14.6 Å². The van der Waals surface area contributed by atoms with E-state index in [9.17, 15) is 4.79 Å². The van der Waals surface area contributed by atoms with Crippen LogP contribution >= 0.6 is 0 Å². The molecule has 2 N–H and O–H groups in total. The van der Waals surface area contributed by atoms with Crippen LogP contribution in [-0.2, 0) is 17.8 Å². The van der Waals surface area contributed by atoms with E-state index >= 15 is 0 Å².